The summed E-state index contributed by atoms with van der Waals surface area (Å²) in [6.07, 6.45) is 5.03. The lowest BCUT2D eigenvalue weighted by Crippen LogP contribution is -2.47. The van der Waals surface area contributed by atoms with Crippen LogP contribution in [0.15, 0.2) is 47.2 Å². The van der Waals surface area contributed by atoms with Gasteiger partial charge < -0.3 is 4.90 Å². The molecule has 184 valence electrons. The smallest absolute Gasteiger partial charge is 0.309 e. The molecule has 4 rings (SSSR count). The Hall–Kier alpha value is -3.45. The summed E-state index contributed by atoms with van der Waals surface area (Å²) in [6, 6.07) is 5.99. The number of aromatic nitrogens is 2. The zero-order valence-electron chi connectivity index (χ0n) is 19.6. The van der Waals surface area contributed by atoms with Crippen LogP contribution < -0.4 is 10.2 Å². The van der Waals surface area contributed by atoms with E-state index in [9.17, 15) is 18.0 Å². The van der Waals surface area contributed by atoms with Gasteiger partial charge in [-0.3, -0.25) is 19.8 Å². The monoisotopic (exact) mass is 484 g/mol. The number of hydrogen-bond donors (Lipinski definition) is 1. The average molecular weight is 485 g/mol. The number of nitriles is 1. The van der Waals surface area contributed by atoms with Gasteiger partial charge in [-0.2, -0.15) is 23.5 Å². The molecular formula is C25H27F3N6O. The number of halogens is 3. The van der Waals surface area contributed by atoms with E-state index in [1.165, 1.54) is 28.8 Å². The number of dihydropyridines is 1. The molecule has 2 aliphatic rings. The van der Waals surface area contributed by atoms with E-state index in [0.717, 1.165) is 6.07 Å². The van der Waals surface area contributed by atoms with E-state index in [1.807, 2.05) is 6.08 Å². The Kier molecular flexibility index (Phi) is 7.08. The molecule has 1 amide bonds. The maximum atomic E-state index is 14.1. The summed E-state index contributed by atoms with van der Waals surface area (Å²) in [5.41, 5.74) is 0.574. The van der Waals surface area contributed by atoms with Gasteiger partial charge in [0.2, 0.25) is 5.91 Å². The Morgan fingerprint density at radius 2 is 1.97 bits per heavy atom. The molecule has 1 aliphatic heterocycles. The highest BCUT2D eigenvalue weighted by Gasteiger charge is 2.38. The maximum Gasteiger partial charge on any atom is 0.418 e. The molecule has 0 radical (unpaired) electrons. The van der Waals surface area contributed by atoms with Gasteiger partial charge in [-0.1, -0.05) is 12.1 Å². The quantitative estimate of drug-likeness (QED) is 0.672. The van der Waals surface area contributed by atoms with Crippen LogP contribution in [0.5, 0.6) is 0 Å². The van der Waals surface area contributed by atoms with Gasteiger partial charge in [0, 0.05) is 50.5 Å². The Morgan fingerprint density at radius 1 is 1.23 bits per heavy atom. The predicted octanol–water partition coefficient (Wildman–Crippen LogP) is 4.61. The molecule has 0 spiro atoms. The molecule has 10 heteroatoms. The van der Waals surface area contributed by atoms with Crippen molar-refractivity contribution in [3.8, 4) is 17.2 Å². The van der Waals surface area contributed by atoms with Crippen molar-refractivity contribution < 1.29 is 18.0 Å². The maximum absolute atomic E-state index is 14.1. The van der Waals surface area contributed by atoms with Crippen molar-refractivity contribution in [3.05, 3.63) is 47.8 Å². The topological polar surface area (TPSA) is 86.3 Å². The number of amides is 1. The van der Waals surface area contributed by atoms with Gasteiger partial charge in [-0.05, 0) is 43.4 Å². The third-order valence-electron chi connectivity index (χ3n) is 6.51. The fourth-order valence-electron chi connectivity index (χ4n) is 4.83. The number of allylic oxidation sites excluding steroid dienone is 1. The third-order valence-corrected chi connectivity index (χ3v) is 6.51. The lowest BCUT2D eigenvalue weighted by Gasteiger charge is -2.38. The van der Waals surface area contributed by atoms with Crippen LogP contribution >= 0.6 is 0 Å². The van der Waals surface area contributed by atoms with Gasteiger partial charge in [-0.15, -0.1) is 0 Å². The SMILES string of the molecule is CC(=O)N(c1ccc(-c2cnn(C)c2)cc1C(F)(F)F)C1CCC(NC2CC=C(C#N)C=N2)CC1. The summed E-state index contributed by atoms with van der Waals surface area (Å²) in [5, 5.41) is 16.4. The van der Waals surface area contributed by atoms with E-state index < -0.39 is 17.6 Å². The summed E-state index contributed by atoms with van der Waals surface area (Å²) in [5.74, 6) is -0.410. The molecule has 1 aromatic carbocycles. The molecule has 7 nitrogen and oxygen atoms in total. The molecule has 0 bridgehead atoms. The van der Waals surface area contributed by atoms with Crippen LogP contribution in [0.4, 0.5) is 18.9 Å². The molecule has 0 saturated heterocycles. The highest BCUT2D eigenvalue weighted by molar-refractivity contribution is 5.93. The largest absolute Gasteiger partial charge is 0.418 e. The fourth-order valence-corrected chi connectivity index (χ4v) is 4.83. The van der Waals surface area contributed by atoms with Crippen LogP contribution in [-0.2, 0) is 18.0 Å². The minimum atomic E-state index is -4.62. The number of benzene rings is 1. The van der Waals surface area contributed by atoms with Gasteiger partial charge in [-0.25, -0.2) is 0 Å². The second-order valence-electron chi connectivity index (χ2n) is 8.99. The highest BCUT2D eigenvalue weighted by atomic mass is 19.4. The summed E-state index contributed by atoms with van der Waals surface area (Å²) < 4.78 is 43.9. The van der Waals surface area contributed by atoms with Crippen molar-refractivity contribution in [3.63, 3.8) is 0 Å². The summed E-state index contributed by atoms with van der Waals surface area (Å²) in [6.45, 7) is 1.31. The molecular weight excluding hydrogens is 457 g/mol. The van der Waals surface area contributed by atoms with Crippen molar-refractivity contribution in [2.75, 3.05) is 4.90 Å². The Bertz CT molecular complexity index is 1180. The number of nitrogens with one attached hydrogen (secondary N) is 1. The standard InChI is InChI=1S/C25H27F3N6O/c1-16(35)34(21-7-5-20(6-8-21)32-24-10-3-17(12-29)13-30-24)23-9-4-18(11-22(23)25(26,27)28)19-14-31-33(2)15-19/h3-4,9,11,13-15,20-21,24,32H,5-8,10H2,1-2H3. The second kappa shape index (κ2) is 10.0. The van der Waals surface area contributed by atoms with E-state index >= 15 is 0 Å². The number of nitrogens with zero attached hydrogens (tertiary/aromatic N) is 5. The Balaban J connectivity index is 1.51. The molecule has 1 aromatic heterocycles. The van der Waals surface area contributed by atoms with Crippen LogP contribution in [0, 0.1) is 11.3 Å². The van der Waals surface area contributed by atoms with Gasteiger partial charge >= 0.3 is 6.18 Å². The van der Waals surface area contributed by atoms with Crippen LogP contribution in [0.3, 0.4) is 0 Å². The minimum absolute atomic E-state index is 0.111. The number of rotatable bonds is 5. The minimum Gasteiger partial charge on any atom is -0.309 e. The van der Waals surface area contributed by atoms with E-state index in [4.69, 9.17) is 5.26 Å². The van der Waals surface area contributed by atoms with E-state index in [0.29, 0.717) is 48.8 Å². The number of carbonyl (C=O) groups is 1. The first kappa shape index (κ1) is 24.7. The number of aliphatic imine (C=N–C) groups is 1. The van der Waals surface area contributed by atoms with Gasteiger partial charge in [0.05, 0.1) is 23.0 Å². The van der Waals surface area contributed by atoms with Crippen LogP contribution in [0.2, 0.25) is 0 Å². The summed E-state index contributed by atoms with van der Waals surface area (Å²) >= 11 is 0. The van der Waals surface area contributed by atoms with Crippen LogP contribution in [-0.4, -0.2) is 40.2 Å². The number of alkyl halides is 3. The average Bonchev–Trinajstić information content (AvgIpc) is 3.26. The highest BCUT2D eigenvalue weighted by Crippen LogP contribution is 2.41. The Labute approximate surface area is 201 Å². The predicted molar refractivity (Wildman–Crippen MR) is 127 cm³/mol. The van der Waals surface area contributed by atoms with E-state index in [-0.39, 0.29) is 23.9 Å². The van der Waals surface area contributed by atoms with Crippen molar-refractivity contribution in [2.45, 2.75) is 63.5 Å². The normalized spacial score (nSPS) is 22.4. The van der Waals surface area contributed by atoms with Gasteiger partial charge in [0.25, 0.3) is 0 Å². The number of aryl methyl sites for hydroxylation is 1. The van der Waals surface area contributed by atoms with Crippen molar-refractivity contribution in [1.29, 1.82) is 5.26 Å². The first-order valence-corrected chi connectivity index (χ1v) is 11.5. The molecule has 1 unspecified atom stereocenters. The Morgan fingerprint density at radius 3 is 2.51 bits per heavy atom. The van der Waals surface area contributed by atoms with Crippen molar-refractivity contribution in [1.82, 2.24) is 15.1 Å². The zero-order chi connectivity index (χ0) is 25.2. The summed E-state index contributed by atoms with van der Waals surface area (Å²) in [4.78, 5) is 18.3. The van der Waals surface area contributed by atoms with Crippen LogP contribution in [0.1, 0.15) is 44.6 Å². The zero-order valence-corrected chi connectivity index (χ0v) is 19.6. The van der Waals surface area contributed by atoms with Crippen LogP contribution in [0.25, 0.3) is 11.1 Å². The number of hydrogen-bond acceptors (Lipinski definition) is 5. The summed E-state index contributed by atoms with van der Waals surface area (Å²) in [7, 11) is 1.70. The lowest BCUT2D eigenvalue weighted by atomic mass is 9.89. The van der Waals surface area contributed by atoms with Gasteiger partial charge in [0.15, 0.2) is 0 Å². The second-order valence-corrected chi connectivity index (χ2v) is 8.99. The first-order valence-electron chi connectivity index (χ1n) is 11.5. The molecule has 1 fully saturated rings. The van der Waals surface area contributed by atoms with E-state index in [2.05, 4.69) is 21.5 Å². The molecule has 2 heterocycles. The molecule has 1 saturated carbocycles. The molecule has 35 heavy (non-hydrogen) atoms. The number of anilines is 1. The van der Waals surface area contributed by atoms with Gasteiger partial charge in [0.1, 0.15) is 12.2 Å². The molecule has 1 aliphatic carbocycles. The molecule has 2 aromatic rings. The first-order chi connectivity index (χ1) is 16.7. The third kappa shape index (κ3) is 5.62. The number of carbonyl (C=O) groups excluding carboxylic acids is 1. The fraction of sp³-hybridized carbons (Fsp3) is 0.440. The molecule has 1 atom stereocenters. The van der Waals surface area contributed by atoms with E-state index in [1.54, 1.807) is 25.5 Å². The molecule has 1 N–H and O–H groups in total. The lowest BCUT2D eigenvalue weighted by molar-refractivity contribution is -0.137. The van der Waals surface area contributed by atoms with Crippen molar-refractivity contribution in [2.24, 2.45) is 12.0 Å². The van der Waals surface area contributed by atoms with Crippen molar-refractivity contribution >= 4 is 17.8 Å².